The second-order valence-electron chi connectivity index (χ2n) is 5.20. The number of amides is 2. The van der Waals surface area contributed by atoms with E-state index in [4.69, 9.17) is 4.74 Å². The fourth-order valence-electron chi connectivity index (χ4n) is 1.89. The SMILES string of the molecule is CCOCCCNC(=O)N(C)Cc1ccc(N(C)C)cc1. The van der Waals surface area contributed by atoms with E-state index >= 15 is 0 Å². The molecule has 0 fully saturated rings. The van der Waals surface area contributed by atoms with Crippen LogP contribution in [0.1, 0.15) is 18.9 Å². The van der Waals surface area contributed by atoms with Gasteiger partial charge in [0.25, 0.3) is 0 Å². The third-order valence-corrected chi connectivity index (χ3v) is 3.16. The maximum absolute atomic E-state index is 11.9. The van der Waals surface area contributed by atoms with Crippen LogP contribution in [0.25, 0.3) is 0 Å². The van der Waals surface area contributed by atoms with Gasteiger partial charge < -0.3 is 19.9 Å². The lowest BCUT2D eigenvalue weighted by Crippen LogP contribution is -2.37. The molecule has 0 aliphatic rings. The maximum atomic E-state index is 11.9. The minimum absolute atomic E-state index is 0.0526. The molecule has 1 aromatic carbocycles. The van der Waals surface area contributed by atoms with Crippen LogP contribution in [0.15, 0.2) is 24.3 Å². The molecule has 1 N–H and O–H groups in total. The number of urea groups is 1. The summed E-state index contributed by atoms with van der Waals surface area (Å²) in [6.45, 7) is 4.62. The molecule has 5 heteroatoms. The van der Waals surface area contributed by atoms with Gasteiger partial charge in [0.1, 0.15) is 0 Å². The van der Waals surface area contributed by atoms with Crippen LogP contribution in [0, 0.1) is 0 Å². The molecule has 1 rings (SSSR count). The molecule has 0 atom stereocenters. The second-order valence-corrected chi connectivity index (χ2v) is 5.20. The first kappa shape index (κ1) is 17.3. The molecular weight excluding hydrogens is 266 g/mol. The van der Waals surface area contributed by atoms with Crippen molar-refractivity contribution in [2.45, 2.75) is 19.9 Å². The molecule has 0 unspecified atom stereocenters. The van der Waals surface area contributed by atoms with Gasteiger partial charge in [0.05, 0.1) is 0 Å². The van der Waals surface area contributed by atoms with Crippen LogP contribution in [0.4, 0.5) is 10.5 Å². The van der Waals surface area contributed by atoms with Crippen LogP contribution in [-0.4, -0.2) is 51.8 Å². The lowest BCUT2D eigenvalue weighted by atomic mass is 10.2. The summed E-state index contributed by atoms with van der Waals surface area (Å²) >= 11 is 0. The van der Waals surface area contributed by atoms with Crippen LogP contribution in [0.3, 0.4) is 0 Å². The monoisotopic (exact) mass is 293 g/mol. The van der Waals surface area contributed by atoms with E-state index < -0.39 is 0 Å². The summed E-state index contributed by atoms with van der Waals surface area (Å²) in [5, 5.41) is 2.89. The Morgan fingerprint density at radius 2 is 1.86 bits per heavy atom. The number of rotatable bonds is 8. The van der Waals surface area contributed by atoms with Crippen LogP contribution in [0.2, 0.25) is 0 Å². The predicted octanol–water partition coefficient (Wildman–Crippen LogP) is 2.32. The van der Waals surface area contributed by atoms with Gasteiger partial charge >= 0.3 is 6.03 Å². The fourth-order valence-corrected chi connectivity index (χ4v) is 1.89. The number of nitrogens with zero attached hydrogens (tertiary/aromatic N) is 2. The zero-order valence-corrected chi connectivity index (χ0v) is 13.6. The zero-order chi connectivity index (χ0) is 15.7. The minimum atomic E-state index is -0.0526. The van der Waals surface area contributed by atoms with Gasteiger partial charge in [0, 0.05) is 53.1 Å². The predicted molar refractivity (Wildman–Crippen MR) is 86.7 cm³/mol. The molecule has 118 valence electrons. The highest BCUT2D eigenvalue weighted by atomic mass is 16.5. The molecule has 0 heterocycles. The molecule has 0 aromatic heterocycles. The lowest BCUT2D eigenvalue weighted by Gasteiger charge is -2.19. The molecular formula is C16H27N3O2. The van der Waals surface area contributed by atoms with E-state index in [1.807, 2.05) is 33.2 Å². The third kappa shape index (κ3) is 6.49. The summed E-state index contributed by atoms with van der Waals surface area (Å²) < 4.78 is 5.23. The van der Waals surface area contributed by atoms with E-state index in [1.54, 1.807) is 11.9 Å². The highest BCUT2D eigenvalue weighted by molar-refractivity contribution is 5.73. The molecule has 5 nitrogen and oxygen atoms in total. The number of carbonyl (C=O) groups is 1. The Morgan fingerprint density at radius 3 is 2.43 bits per heavy atom. The molecule has 0 bridgehead atoms. The van der Waals surface area contributed by atoms with E-state index in [0.717, 1.165) is 24.3 Å². The quantitative estimate of drug-likeness (QED) is 0.748. The Kier molecular flexibility index (Phi) is 7.61. The summed E-state index contributed by atoms with van der Waals surface area (Å²) in [4.78, 5) is 15.7. The number of ether oxygens (including phenoxy) is 1. The number of benzene rings is 1. The average Bonchev–Trinajstić information content (AvgIpc) is 2.47. The van der Waals surface area contributed by atoms with E-state index in [-0.39, 0.29) is 6.03 Å². The van der Waals surface area contributed by atoms with Crippen molar-refractivity contribution in [2.24, 2.45) is 0 Å². The van der Waals surface area contributed by atoms with Crippen molar-refractivity contribution in [2.75, 3.05) is 45.8 Å². The molecule has 1 aromatic rings. The van der Waals surface area contributed by atoms with Gasteiger partial charge in [-0.1, -0.05) is 12.1 Å². The summed E-state index contributed by atoms with van der Waals surface area (Å²) in [7, 11) is 5.82. The van der Waals surface area contributed by atoms with Gasteiger partial charge in [0.2, 0.25) is 0 Å². The Bertz CT molecular complexity index is 418. The van der Waals surface area contributed by atoms with E-state index in [1.165, 1.54) is 0 Å². The van der Waals surface area contributed by atoms with Crippen molar-refractivity contribution in [3.8, 4) is 0 Å². The number of carbonyl (C=O) groups excluding carboxylic acids is 1. The van der Waals surface area contributed by atoms with Crippen LogP contribution < -0.4 is 10.2 Å². The molecule has 2 amide bonds. The molecule has 0 aliphatic carbocycles. The number of anilines is 1. The number of nitrogens with one attached hydrogen (secondary N) is 1. The van der Waals surface area contributed by atoms with Crippen molar-refractivity contribution in [3.63, 3.8) is 0 Å². The first-order chi connectivity index (χ1) is 10.0. The van der Waals surface area contributed by atoms with Crippen LogP contribution in [0.5, 0.6) is 0 Å². The van der Waals surface area contributed by atoms with Crippen LogP contribution in [-0.2, 0) is 11.3 Å². The molecule has 0 spiro atoms. The normalized spacial score (nSPS) is 10.3. The molecule has 21 heavy (non-hydrogen) atoms. The Labute approximate surface area is 127 Å². The molecule has 0 saturated carbocycles. The first-order valence-corrected chi connectivity index (χ1v) is 7.37. The van der Waals surface area contributed by atoms with Gasteiger partial charge in [0.15, 0.2) is 0 Å². The number of hydrogen-bond acceptors (Lipinski definition) is 3. The highest BCUT2D eigenvalue weighted by Crippen LogP contribution is 2.13. The van der Waals surface area contributed by atoms with Gasteiger partial charge in [-0.05, 0) is 31.0 Å². The molecule has 0 radical (unpaired) electrons. The topological polar surface area (TPSA) is 44.8 Å². The Hall–Kier alpha value is -1.75. The smallest absolute Gasteiger partial charge is 0.317 e. The molecule has 0 aliphatic heterocycles. The lowest BCUT2D eigenvalue weighted by molar-refractivity contribution is 0.144. The van der Waals surface area contributed by atoms with Gasteiger partial charge in [-0.15, -0.1) is 0 Å². The summed E-state index contributed by atoms with van der Waals surface area (Å²) in [6, 6.07) is 8.16. The van der Waals surface area contributed by atoms with Gasteiger partial charge in [-0.25, -0.2) is 4.79 Å². The van der Waals surface area contributed by atoms with Crippen molar-refractivity contribution >= 4 is 11.7 Å². The van der Waals surface area contributed by atoms with Crippen LogP contribution >= 0.6 is 0 Å². The van der Waals surface area contributed by atoms with Gasteiger partial charge in [-0.2, -0.15) is 0 Å². The Morgan fingerprint density at radius 1 is 1.19 bits per heavy atom. The van der Waals surface area contributed by atoms with Crippen molar-refractivity contribution in [3.05, 3.63) is 29.8 Å². The van der Waals surface area contributed by atoms with Crippen molar-refractivity contribution in [1.82, 2.24) is 10.2 Å². The highest BCUT2D eigenvalue weighted by Gasteiger charge is 2.08. The largest absolute Gasteiger partial charge is 0.382 e. The summed E-state index contributed by atoms with van der Waals surface area (Å²) in [5.74, 6) is 0. The zero-order valence-electron chi connectivity index (χ0n) is 13.6. The van der Waals surface area contributed by atoms with Gasteiger partial charge in [-0.3, -0.25) is 0 Å². The average molecular weight is 293 g/mol. The van der Waals surface area contributed by atoms with E-state index in [9.17, 15) is 4.79 Å². The summed E-state index contributed by atoms with van der Waals surface area (Å²) in [6.07, 6.45) is 0.838. The van der Waals surface area contributed by atoms with E-state index in [0.29, 0.717) is 19.7 Å². The molecule has 0 saturated heterocycles. The Balaban J connectivity index is 2.34. The number of hydrogen-bond donors (Lipinski definition) is 1. The fraction of sp³-hybridized carbons (Fsp3) is 0.562. The van der Waals surface area contributed by atoms with Crippen molar-refractivity contribution in [1.29, 1.82) is 0 Å². The first-order valence-electron chi connectivity index (χ1n) is 7.37. The second kappa shape index (κ2) is 9.23. The van der Waals surface area contributed by atoms with Crippen molar-refractivity contribution < 1.29 is 9.53 Å². The maximum Gasteiger partial charge on any atom is 0.317 e. The summed E-state index contributed by atoms with van der Waals surface area (Å²) in [5.41, 5.74) is 2.27. The minimum Gasteiger partial charge on any atom is -0.382 e. The van der Waals surface area contributed by atoms with E-state index in [2.05, 4.69) is 22.3 Å². The third-order valence-electron chi connectivity index (χ3n) is 3.16. The standard InChI is InChI=1S/C16H27N3O2/c1-5-21-12-6-11-17-16(20)19(4)13-14-7-9-15(10-8-14)18(2)3/h7-10H,5-6,11-13H2,1-4H3,(H,17,20).